The molecule has 0 aliphatic rings. The van der Waals surface area contributed by atoms with E-state index >= 15 is 0 Å². The highest BCUT2D eigenvalue weighted by molar-refractivity contribution is 7.84. The fraction of sp³-hybridized carbons (Fsp3) is 0.412. The van der Waals surface area contributed by atoms with Gasteiger partial charge in [0.1, 0.15) is 0 Å². The second-order valence-electron chi connectivity index (χ2n) is 5.49. The molecular formula is C17H24N4O2S. The predicted molar refractivity (Wildman–Crippen MR) is 96.6 cm³/mol. The molecule has 1 aromatic carbocycles. The van der Waals surface area contributed by atoms with Gasteiger partial charge in [-0.05, 0) is 37.1 Å². The zero-order chi connectivity index (χ0) is 17.7. The van der Waals surface area contributed by atoms with Crippen LogP contribution in [-0.2, 0) is 37.2 Å². The lowest BCUT2D eigenvalue weighted by Gasteiger charge is -2.09. The van der Waals surface area contributed by atoms with Crippen molar-refractivity contribution in [3.63, 3.8) is 0 Å². The molecule has 2 rings (SSSR count). The maximum absolute atomic E-state index is 12.1. The first-order valence-corrected chi connectivity index (χ1v) is 9.54. The van der Waals surface area contributed by atoms with E-state index in [1.165, 1.54) is 0 Å². The Morgan fingerprint density at radius 3 is 2.42 bits per heavy atom. The number of aromatic nitrogens is 2. The van der Waals surface area contributed by atoms with Crippen molar-refractivity contribution in [3.8, 4) is 0 Å². The fourth-order valence-corrected chi connectivity index (χ4v) is 3.19. The van der Waals surface area contributed by atoms with Crippen molar-refractivity contribution in [2.24, 2.45) is 7.05 Å². The lowest BCUT2D eigenvalue weighted by atomic mass is 10.1. The van der Waals surface area contributed by atoms with Crippen LogP contribution in [0.15, 0.2) is 29.2 Å². The van der Waals surface area contributed by atoms with Gasteiger partial charge in [-0.15, -0.1) is 0 Å². The normalized spacial score (nSPS) is 12.0. The third-order valence-corrected chi connectivity index (χ3v) is 4.83. The smallest absolute Gasteiger partial charge is 0.319 e. The molecule has 1 atom stereocenters. The lowest BCUT2D eigenvalue weighted by molar-refractivity contribution is 0.251. The fourth-order valence-electron chi connectivity index (χ4n) is 2.67. The van der Waals surface area contributed by atoms with Gasteiger partial charge in [-0.2, -0.15) is 5.10 Å². The van der Waals surface area contributed by atoms with Gasteiger partial charge in [-0.25, -0.2) is 4.79 Å². The van der Waals surface area contributed by atoms with Crippen LogP contribution in [0, 0.1) is 0 Å². The molecule has 0 unspecified atom stereocenters. The standard InChI is InChI=1S/C17H24N4O2S/c1-5-15-14(16(6-2)21(3)20-15)11-18-17(22)19-12-7-9-13(10-8-12)24(4)23/h7-10H,5-6,11H2,1-4H3,(H2,18,19,22)/t24-/m1/s1. The van der Waals surface area contributed by atoms with E-state index in [-0.39, 0.29) is 6.03 Å². The minimum atomic E-state index is -1.02. The molecule has 2 aromatic rings. The zero-order valence-corrected chi connectivity index (χ0v) is 15.4. The molecule has 0 bridgehead atoms. The Hall–Kier alpha value is -2.15. The second kappa shape index (κ2) is 8.10. The molecule has 130 valence electrons. The summed E-state index contributed by atoms with van der Waals surface area (Å²) < 4.78 is 13.3. The summed E-state index contributed by atoms with van der Waals surface area (Å²) in [7, 11) is 0.910. The summed E-state index contributed by atoms with van der Waals surface area (Å²) in [5, 5.41) is 10.2. The number of nitrogens with one attached hydrogen (secondary N) is 2. The van der Waals surface area contributed by atoms with E-state index in [0.29, 0.717) is 12.2 Å². The summed E-state index contributed by atoms with van der Waals surface area (Å²) in [6, 6.07) is 6.72. The third kappa shape index (κ3) is 4.23. The largest absolute Gasteiger partial charge is 0.334 e. The second-order valence-corrected chi connectivity index (χ2v) is 6.87. The number of hydrogen-bond acceptors (Lipinski definition) is 3. The summed E-state index contributed by atoms with van der Waals surface area (Å²) in [5.41, 5.74) is 3.92. The number of nitrogens with zero attached hydrogens (tertiary/aromatic N) is 2. The molecule has 7 heteroatoms. The Kier molecular flexibility index (Phi) is 6.14. The number of rotatable bonds is 6. The topological polar surface area (TPSA) is 76.0 Å². The first-order chi connectivity index (χ1) is 11.5. The monoisotopic (exact) mass is 348 g/mol. The van der Waals surface area contributed by atoms with E-state index < -0.39 is 10.8 Å². The van der Waals surface area contributed by atoms with E-state index in [1.807, 2.05) is 11.7 Å². The average molecular weight is 348 g/mol. The van der Waals surface area contributed by atoms with Gasteiger partial charge in [0.05, 0.1) is 5.69 Å². The van der Waals surface area contributed by atoms with Gasteiger partial charge in [0, 0.05) is 52.5 Å². The molecule has 2 amide bonds. The van der Waals surface area contributed by atoms with Gasteiger partial charge in [0.25, 0.3) is 0 Å². The average Bonchev–Trinajstić information content (AvgIpc) is 2.88. The van der Waals surface area contributed by atoms with Crippen molar-refractivity contribution < 1.29 is 9.00 Å². The first-order valence-electron chi connectivity index (χ1n) is 7.98. The Balaban J connectivity index is 1.99. The Morgan fingerprint density at radius 2 is 1.88 bits per heavy atom. The Morgan fingerprint density at radius 1 is 1.21 bits per heavy atom. The highest BCUT2D eigenvalue weighted by atomic mass is 32.2. The molecule has 0 aliphatic heterocycles. The van der Waals surface area contributed by atoms with Gasteiger partial charge in [-0.1, -0.05) is 13.8 Å². The number of aryl methyl sites for hydroxylation is 2. The van der Waals surface area contributed by atoms with Crippen molar-refractivity contribution in [1.82, 2.24) is 15.1 Å². The van der Waals surface area contributed by atoms with E-state index in [2.05, 4.69) is 29.6 Å². The molecule has 0 saturated heterocycles. The van der Waals surface area contributed by atoms with Gasteiger partial charge in [0.2, 0.25) is 0 Å². The Labute approximate surface area is 145 Å². The number of carbonyl (C=O) groups excluding carboxylic acids is 1. The van der Waals surface area contributed by atoms with Crippen LogP contribution in [0.5, 0.6) is 0 Å². The molecule has 6 nitrogen and oxygen atoms in total. The number of anilines is 1. The molecule has 0 saturated carbocycles. The van der Waals surface area contributed by atoms with E-state index in [4.69, 9.17) is 0 Å². The SMILES string of the molecule is CCc1nn(C)c(CC)c1CNC(=O)Nc1ccc([S@@](C)=O)cc1. The summed E-state index contributed by atoms with van der Waals surface area (Å²) in [6.45, 7) is 4.59. The summed E-state index contributed by atoms with van der Waals surface area (Å²) in [4.78, 5) is 12.8. The quantitative estimate of drug-likeness (QED) is 0.842. The van der Waals surface area contributed by atoms with Gasteiger partial charge >= 0.3 is 6.03 Å². The number of carbonyl (C=O) groups is 1. The van der Waals surface area contributed by atoms with E-state index in [9.17, 15) is 9.00 Å². The van der Waals surface area contributed by atoms with Crippen molar-refractivity contribution >= 4 is 22.5 Å². The van der Waals surface area contributed by atoms with Gasteiger partial charge in [-0.3, -0.25) is 8.89 Å². The summed E-state index contributed by atoms with van der Waals surface area (Å²) >= 11 is 0. The molecule has 24 heavy (non-hydrogen) atoms. The molecule has 0 aliphatic carbocycles. The molecule has 2 N–H and O–H groups in total. The summed E-state index contributed by atoms with van der Waals surface area (Å²) in [5.74, 6) is 0. The molecule has 1 aromatic heterocycles. The van der Waals surface area contributed by atoms with Crippen LogP contribution in [-0.4, -0.2) is 26.3 Å². The van der Waals surface area contributed by atoms with Crippen LogP contribution in [0.1, 0.15) is 30.8 Å². The molecule has 0 fully saturated rings. The van der Waals surface area contributed by atoms with Gasteiger partial charge < -0.3 is 10.6 Å². The number of urea groups is 1. The van der Waals surface area contributed by atoms with Crippen LogP contribution in [0.25, 0.3) is 0 Å². The van der Waals surface area contributed by atoms with Gasteiger partial charge in [0.15, 0.2) is 0 Å². The van der Waals surface area contributed by atoms with Crippen molar-refractivity contribution in [3.05, 3.63) is 41.2 Å². The first kappa shape index (κ1) is 18.2. The van der Waals surface area contributed by atoms with Crippen molar-refractivity contribution in [2.75, 3.05) is 11.6 Å². The maximum Gasteiger partial charge on any atom is 0.319 e. The van der Waals surface area contributed by atoms with Crippen molar-refractivity contribution in [2.45, 2.75) is 38.1 Å². The third-order valence-electron chi connectivity index (χ3n) is 3.90. The van der Waals surface area contributed by atoms with Crippen molar-refractivity contribution in [1.29, 1.82) is 0 Å². The van der Waals surface area contributed by atoms with Crippen LogP contribution < -0.4 is 10.6 Å². The van der Waals surface area contributed by atoms with E-state index in [0.717, 1.165) is 34.7 Å². The highest BCUT2D eigenvalue weighted by Crippen LogP contribution is 2.15. The molecule has 0 radical (unpaired) electrons. The van der Waals surface area contributed by atoms with Crippen LogP contribution >= 0.6 is 0 Å². The lowest BCUT2D eigenvalue weighted by Crippen LogP contribution is -2.28. The minimum Gasteiger partial charge on any atom is -0.334 e. The van der Waals surface area contributed by atoms with E-state index in [1.54, 1.807) is 30.5 Å². The van der Waals surface area contributed by atoms with Crippen LogP contribution in [0.4, 0.5) is 10.5 Å². The highest BCUT2D eigenvalue weighted by Gasteiger charge is 2.14. The zero-order valence-electron chi connectivity index (χ0n) is 14.5. The predicted octanol–water partition coefficient (Wildman–Crippen LogP) is 2.60. The van der Waals surface area contributed by atoms with Crippen LogP contribution in [0.2, 0.25) is 0 Å². The number of amides is 2. The number of hydrogen-bond donors (Lipinski definition) is 2. The molecule has 0 spiro atoms. The Bertz CT molecular complexity index is 738. The molecule has 1 heterocycles. The van der Waals surface area contributed by atoms with Crippen LogP contribution in [0.3, 0.4) is 0 Å². The molecular weight excluding hydrogens is 324 g/mol. The number of benzene rings is 1. The maximum atomic E-state index is 12.1. The summed E-state index contributed by atoms with van der Waals surface area (Å²) in [6.07, 6.45) is 3.33. The minimum absolute atomic E-state index is 0.270.